The predicted molar refractivity (Wildman–Crippen MR) is 64.0 cm³/mol. The van der Waals surface area contributed by atoms with E-state index in [1.807, 2.05) is 0 Å². The van der Waals surface area contributed by atoms with Gasteiger partial charge in [-0.25, -0.2) is 4.39 Å². The SMILES string of the molecule is Nc1noc(-c2cccc(C(F)(F)F)c2F)c1I. The van der Waals surface area contributed by atoms with E-state index < -0.39 is 17.6 Å². The van der Waals surface area contributed by atoms with Crippen LogP contribution < -0.4 is 5.73 Å². The third kappa shape index (κ3) is 2.16. The minimum Gasteiger partial charge on any atom is -0.380 e. The summed E-state index contributed by atoms with van der Waals surface area (Å²) in [4.78, 5) is 0. The molecule has 1 aromatic heterocycles. The first kappa shape index (κ1) is 13.1. The summed E-state index contributed by atoms with van der Waals surface area (Å²) in [6.07, 6.45) is -4.77. The summed E-state index contributed by atoms with van der Waals surface area (Å²) in [6, 6.07) is 2.92. The van der Waals surface area contributed by atoms with E-state index in [0.717, 1.165) is 6.07 Å². The molecule has 3 nitrogen and oxygen atoms in total. The standard InChI is InChI=1S/C10H5F4IN2O/c11-6-4(8-7(15)9(16)17-18-8)2-1-3-5(6)10(12,13)14/h1-3H,(H2,16,17). The number of hydrogen-bond acceptors (Lipinski definition) is 3. The van der Waals surface area contributed by atoms with Crippen molar-refractivity contribution in [1.82, 2.24) is 5.16 Å². The van der Waals surface area contributed by atoms with Crippen molar-refractivity contribution < 1.29 is 22.1 Å². The van der Waals surface area contributed by atoms with Crippen molar-refractivity contribution in [2.24, 2.45) is 0 Å². The summed E-state index contributed by atoms with van der Waals surface area (Å²) < 4.78 is 56.4. The number of nitrogens with zero attached hydrogens (tertiary/aromatic N) is 1. The van der Waals surface area contributed by atoms with Crippen LogP contribution >= 0.6 is 22.6 Å². The fraction of sp³-hybridized carbons (Fsp3) is 0.100. The van der Waals surface area contributed by atoms with Gasteiger partial charge in [0.2, 0.25) is 0 Å². The average Bonchev–Trinajstić information content (AvgIpc) is 2.59. The number of hydrogen-bond donors (Lipinski definition) is 1. The maximum Gasteiger partial charge on any atom is 0.419 e. The van der Waals surface area contributed by atoms with Crippen LogP contribution in [0.3, 0.4) is 0 Å². The van der Waals surface area contributed by atoms with Crippen molar-refractivity contribution in [3.05, 3.63) is 33.1 Å². The second-order valence-corrected chi connectivity index (χ2v) is 4.45. The summed E-state index contributed by atoms with van der Waals surface area (Å²) in [5, 5.41) is 3.37. The number of nitrogen functional groups attached to an aromatic ring is 1. The Labute approximate surface area is 112 Å². The second-order valence-electron chi connectivity index (χ2n) is 3.38. The van der Waals surface area contributed by atoms with Gasteiger partial charge in [0.1, 0.15) is 9.39 Å². The molecule has 18 heavy (non-hydrogen) atoms. The molecule has 1 aromatic carbocycles. The lowest BCUT2D eigenvalue weighted by Crippen LogP contribution is -2.08. The molecular formula is C10H5F4IN2O. The monoisotopic (exact) mass is 372 g/mol. The third-order valence-corrected chi connectivity index (χ3v) is 3.25. The molecule has 0 aliphatic heterocycles. The van der Waals surface area contributed by atoms with E-state index >= 15 is 0 Å². The number of aromatic nitrogens is 1. The number of rotatable bonds is 1. The third-order valence-electron chi connectivity index (χ3n) is 2.21. The van der Waals surface area contributed by atoms with Crippen LogP contribution in [-0.4, -0.2) is 5.16 Å². The van der Waals surface area contributed by atoms with Gasteiger partial charge in [0.05, 0.1) is 11.1 Å². The molecule has 0 atom stereocenters. The van der Waals surface area contributed by atoms with Crippen molar-refractivity contribution in [1.29, 1.82) is 0 Å². The molecule has 96 valence electrons. The Kier molecular flexibility index (Phi) is 3.21. The minimum atomic E-state index is -4.77. The maximum absolute atomic E-state index is 13.8. The Morgan fingerprint density at radius 2 is 1.94 bits per heavy atom. The van der Waals surface area contributed by atoms with Crippen LogP contribution in [-0.2, 0) is 6.18 Å². The molecule has 0 bridgehead atoms. The zero-order valence-corrected chi connectivity index (χ0v) is 10.7. The molecule has 0 amide bonds. The van der Waals surface area contributed by atoms with Gasteiger partial charge in [0.25, 0.3) is 0 Å². The summed E-state index contributed by atoms with van der Waals surface area (Å²) >= 11 is 1.72. The zero-order valence-electron chi connectivity index (χ0n) is 8.55. The lowest BCUT2D eigenvalue weighted by Gasteiger charge is -2.09. The van der Waals surface area contributed by atoms with E-state index in [1.54, 1.807) is 22.6 Å². The van der Waals surface area contributed by atoms with E-state index in [1.165, 1.54) is 6.07 Å². The number of anilines is 1. The number of halogens is 5. The Morgan fingerprint density at radius 1 is 1.28 bits per heavy atom. The zero-order chi connectivity index (χ0) is 13.5. The molecule has 0 aliphatic rings. The normalized spacial score (nSPS) is 11.8. The Morgan fingerprint density at radius 3 is 2.44 bits per heavy atom. The first-order valence-corrected chi connectivity index (χ1v) is 5.67. The van der Waals surface area contributed by atoms with Gasteiger partial charge in [0, 0.05) is 0 Å². The van der Waals surface area contributed by atoms with Crippen molar-refractivity contribution in [3.8, 4) is 11.3 Å². The topological polar surface area (TPSA) is 52.0 Å². The lowest BCUT2D eigenvalue weighted by molar-refractivity contribution is -0.139. The van der Waals surface area contributed by atoms with Crippen LogP contribution in [0.5, 0.6) is 0 Å². The molecule has 0 saturated heterocycles. The van der Waals surface area contributed by atoms with Crippen molar-refractivity contribution in [3.63, 3.8) is 0 Å². The number of nitrogens with two attached hydrogens (primary N) is 1. The molecule has 0 aliphatic carbocycles. The van der Waals surface area contributed by atoms with Gasteiger partial charge in [-0.15, -0.1) is 0 Å². The Bertz CT molecular complexity index is 594. The van der Waals surface area contributed by atoms with Crippen LogP contribution in [0.2, 0.25) is 0 Å². The summed E-state index contributed by atoms with van der Waals surface area (Å²) in [6.45, 7) is 0. The summed E-state index contributed by atoms with van der Waals surface area (Å²) in [7, 11) is 0. The molecule has 0 unspecified atom stereocenters. The van der Waals surface area contributed by atoms with Gasteiger partial charge < -0.3 is 10.3 Å². The molecule has 0 fully saturated rings. The Hall–Kier alpha value is -1.32. The van der Waals surface area contributed by atoms with E-state index in [4.69, 9.17) is 10.3 Å². The first-order chi connectivity index (χ1) is 8.32. The van der Waals surface area contributed by atoms with Crippen LogP contribution in [0.1, 0.15) is 5.56 Å². The summed E-state index contributed by atoms with van der Waals surface area (Å²) in [5.74, 6) is -1.52. The van der Waals surface area contributed by atoms with Crippen LogP contribution in [0.25, 0.3) is 11.3 Å². The highest BCUT2D eigenvalue weighted by atomic mass is 127. The minimum absolute atomic E-state index is 0.00223. The number of alkyl halides is 3. The van der Waals surface area contributed by atoms with Gasteiger partial charge in [-0.05, 0) is 34.7 Å². The quantitative estimate of drug-likeness (QED) is 0.614. The van der Waals surface area contributed by atoms with Crippen molar-refractivity contribution >= 4 is 28.4 Å². The van der Waals surface area contributed by atoms with Crippen molar-refractivity contribution in [2.45, 2.75) is 6.18 Å². The summed E-state index contributed by atoms with van der Waals surface area (Å²) in [5.41, 5.74) is 3.72. The average molecular weight is 372 g/mol. The molecule has 0 radical (unpaired) electrons. The molecule has 0 spiro atoms. The van der Waals surface area contributed by atoms with Gasteiger partial charge in [-0.2, -0.15) is 13.2 Å². The first-order valence-electron chi connectivity index (χ1n) is 4.59. The maximum atomic E-state index is 13.8. The van der Waals surface area contributed by atoms with Crippen LogP contribution in [0, 0.1) is 9.39 Å². The van der Waals surface area contributed by atoms with Gasteiger partial charge >= 0.3 is 6.18 Å². The van der Waals surface area contributed by atoms with Crippen LogP contribution in [0.15, 0.2) is 22.7 Å². The largest absolute Gasteiger partial charge is 0.419 e. The molecule has 0 saturated carbocycles. The van der Waals surface area contributed by atoms with E-state index in [-0.39, 0.29) is 20.7 Å². The van der Waals surface area contributed by atoms with Gasteiger partial charge in [-0.3, -0.25) is 0 Å². The Balaban J connectivity index is 2.64. The fourth-order valence-corrected chi connectivity index (χ4v) is 1.87. The smallest absolute Gasteiger partial charge is 0.380 e. The van der Waals surface area contributed by atoms with E-state index in [9.17, 15) is 17.6 Å². The molecule has 2 N–H and O–H groups in total. The molecule has 2 aromatic rings. The van der Waals surface area contributed by atoms with Crippen LogP contribution in [0.4, 0.5) is 23.4 Å². The molecule has 1 heterocycles. The molecule has 8 heteroatoms. The highest BCUT2D eigenvalue weighted by molar-refractivity contribution is 14.1. The predicted octanol–water partition coefficient (Wildman–Crippen LogP) is 3.69. The lowest BCUT2D eigenvalue weighted by atomic mass is 10.1. The molecular weight excluding hydrogens is 367 g/mol. The highest BCUT2D eigenvalue weighted by Gasteiger charge is 2.35. The highest BCUT2D eigenvalue weighted by Crippen LogP contribution is 2.37. The second kappa shape index (κ2) is 4.41. The van der Waals surface area contributed by atoms with Gasteiger partial charge in [-0.1, -0.05) is 11.2 Å². The van der Waals surface area contributed by atoms with E-state index in [0.29, 0.717) is 6.07 Å². The fourth-order valence-electron chi connectivity index (χ4n) is 1.38. The van der Waals surface area contributed by atoms with Crippen molar-refractivity contribution in [2.75, 3.05) is 5.73 Å². The number of benzene rings is 1. The van der Waals surface area contributed by atoms with Gasteiger partial charge in [0.15, 0.2) is 11.6 Å². The molecule has 2 rings (SSSR count). The van der Waals surface area contributed by atoms with E-state index in [2.05, 4.69) is 5.16 Å².